The van der Waals surface area contributed by atoms with Crippen LogP contribution >= 0.6 is 0 Å². The van der Waals surface area contributed by atoms with E-state index in [9.17, 15) is 39.6 Å². The van der Waals surface area contributed by atoms with E-state index in [0.717, 1.165) is 21.9 Å². The molecule has 0 saturated carbocycles. The van der Waals surface area contributed by atoms with E-state index < -0.39 is 75.0 Å². The standard InChI is InChI=1S/C21H16F6N4O4S/c1-36(33,34)29-15-8-31-16(21(15,26)27)2-3-30(20(31)32)19-18-11(4-9(22)7-14(18)35-28-19)17-12(24)5-10(23)6-13(17)25/h4-7,15-16,29H,2-3,8H2,1H3/t15-,16-/m1/s1. The number of fused-ring (bicyclic) bond motifs is 2. The van der Waals surface area contributed by atoms with Gasteiger partial charge >= 0.3 is 6.03 Å². The SMILES string of the molecule is CS(=O)(=O)N[C@@H]1CN2C(=O)N(c3noc4cc(F)cc(-c5c(F)cc(F)cc5F)c34)CC[C@@H]2C1(F)F. The molecule has 2 saturated heterocycles. The molecule has 2 aliphatic heterocycles. The molecule has 8 nitrogen and oxygen atoms in total. The van der Waals surface area contributed by atoms with Crippen LogP contribution in [0.25, 0.3) is 22.1 Å². The minimum Gasteiger partial charge on any atom is -0.354 e. The number of sulfonamides is 1. The first kappa shape index (κ1) is 24.4. The fraction of sp³-hybridized carbons (Fsp3) is 0.333. The largest absolute Gasteiger partial charge is 0.354 e. The van der Waals surface area contributed by atoms with Crippen molar-refractivity contribution in [2.45, 2.75) is 24.4 Å². The first-order valence-electron chi connectivity index (χ1n) is 10.4. The molecule has 0 spiro atoms. The molecule has 3 aromatic rings. The van der Waals surface area contributed by atoms with Gasteiger partial charge in [-0.15, -0.1) is 0 Å². The summed E-state index contributed by atoms with van der Waals surface area (Å²) in [6.07, 6.45) is 0.398. The van der Waals surface area contributed by atoms with Gasteiger partial charge in [-0.2, -0.15) is 0 Å². The van der Waals surface area contributed by atoms with Crippen molar-refractivity contribution in [3.8, 4) is 11.1 Å². The molecule has 0 radical (unpaired) electrons. The van der Waals surface area contributed by atoms with E-state index >= 15 is 0 Å². The number of carbonyl (C=O) groups is 1. The fourth-order valence-electron chi connectivity index (χ4n) is 4.72. The van der Waals surface area contributed by atoms with Crippen LogP contribution in [0.5, 0.6) is 0 Å². The van der Waals surface area contributed by atoms with Crippen molar-refractivity contribution >= 4 is 32.8 Å². The van der Waals surface area contributed by atoms with Crippen molar-refractivity contribution in [2.24, 2.45) is 0 Å². The number of carbonyl (C=O) groups excluding carboxylic acids is 1. The Morgan fingerprint density at radius 2 is 1.72 bits per heavy atom. The molecular weight excluding hydrogens is 518 g/mol. The molecule has 0 aliphatic carbocycles. The highest BCUT2D eigenvalue weighted by Gasteiger charge is 2.60. The minimum atomic E-state index is -4.02. The van der Waals surface area contributed by atoms with Crippen LogP contribution in [0.3, 0.4) is 0 Å². The average Bonchev–Trinajstić information content (AvgIpc) is 3.26. The van der Waals surface area contributed by atoms with Gasteiger partial charge in [-0.3, -0.25) is 4.90 Å². The van der Waals surface area contributed by atoms with E-state index in [-0.39, 0.29) is 29.8 Å². The number of hydrogen-bond acceptors (Lipinski definition) is 5. The summed E-state index contributed by atoms with van der Waals surface area (Å²) in [5, 5.41) is 3.52. The van der Waals surface area contributed by atoms with Crippen molar-refractivity contribution in [1.82, 2.24) is 14.8 Å². The van der Waals surface area contributed by atoms with Crippen LogP contribution < -0.4 is 9.62 Å². The molecule has 3 heterocycles. The third kappa shape index (κ3) is 3.86. The molecule has 5 rings (SSSR count). The van der Waals surface area contributed by atoms with Crippen molar-refractivity contribution < 1.29 is 44.1 Å². The van der Waals surface area contributed by atoms with E-state index in [2.05, 4.69) is 5.16 Å². The summed E-state index contributed by atoms with van der Waals surface area (Å²) in [4.78, 5) is 14.9. The van der Waals surface area contributed by atoms with Crippen LogP contribution in [0, 0.1) is 23.3 Å². The molecule has 0 unspecified atom stereocenters. The number of hydrogen-bond donors (Lipinski definition) is 1. The van der Waals surface area contributed by atoms with Crippen molar-refractivity contribution in [3.63, 3.8) is 0 Å². The average molecular weight is 534 g/mol. The topological polar surface area (TPSA) is 95.8 Å². The molecule has 15 heteroatoms. The van der Waals surface area contributed by atoms with Gasteiger partial charge in [0.05, 0.1) is 17.2 Å². The summed E-state index contributed by atoms with van der Waals surface area (Å²) in [6.45, 7) is -0.993. The number of nitrogens with zero attached hydrogens (tertiary/aromatic N) is 3. The van der Waals surface area contributed by atoms with Gasteiger partial charge in [0, 0.05) is 36.9 Å². The van der Waals surface area contributed by atoms with Gasteiger partial charge in [0.15, 0.2) is 11.4 Å². The highest BCUT2D eigenvalue weighted by Crippen LogP contribution is 2.43. The summed E-state index contributed by atoms with van der Waals surface area (Å²) in [5.74, 6) is -8.80. The summed E-state index contributed by atoms with van der Waals surface area (Å²) in [5.41, 5.74) is -1.55. The molecular formula is C21H16F6N4O4S. The van der Waals surface area contributed by atoms with Gasteiger partial charge in [-0.05, 0) is 12.5 Å². The maximum absolute atomic E-state index is 14.9. The zero-order valence-corrected chi connectivity index (χ0v) is 19.1. The number of aromatic nitrogens is 1. The maximum atomic E-state index is 14.9. The van der Waals surface area contributed by atoms with Crippen LogP contribution in [0.15, 0.2) is 28.8 Å². The Kier molecular flexibility index (Phi) is 5.48. The lowest BCUT2D eigenvalue weighted by molar-refractivity contribution is -0.0448. The molecule has 2 aromatic carbocycles. The molecule has 2 atom stereocenters. The monoisotopic (exact) mass is 534 g/mol. The lowest BCUT2D eigenvalue weighted by Crippen LogP contribution is -2.56. The van der Waals surface area contributed by atoms with E-state index in [1.807, 2.05) is 4.72 Å². The quantitative estimate of drug-likeness (QED) is 0.516. The normalized spacial score (nSPS) is 21.9. The first-order valence-corrected chi connectivity index (χ1v) is 12.3. The van der Waals surface area contributed by atoms with E-state index in [0.29, 0.717) is 18.4 Å². The highest BCUT2D eigenvalue weighted by atomic mass is 32.2. The van der Waals surface area contributed by atoms with Gasteiger partial charge in [0.2, 0.25) is 10.0 Å². The second-order valence-corrected chi connectivity index (χ2v) is 10.4. The van der Waals surface area contributed by atoms with E-state index in [1.54, 1.807) is 0 Å². The zero-order chi connectivity index (χ0) is 26.2. The van der Waals surface area contributed by atoms with Crippen LogP contribution in [0.4, 0.5) is 37.0 Å². The molecule has 0 bridgehead atoms. The number of amides is 2. The minimum absolute atomic E-state index is 0.204. The second kappa shape index (κ2) is 8.09. The summed E-state index contributed by atoms with van der Waals surface area (Å²) < 4.78 is 117. The summed E-state index contributed by atoms with van der Waals surface area (Å²) >= 11 is 0. The third-order valence-corrected chi connectivity index (χ3v) is 6.89. The van der Waals surface area contributed by atoms with Gasteiger partial charge in [-0.1, -0.05) is 5.16 Å². The Morgan fingerprint density at radius 3 is 2.36 bits per heavy atom. The smallest absolute Gasteiger partial charge is 0.326 e. The lowest BCUT2D eigenvalue weighted by atomic mass is 9.99. The van der Waals surface area contributed by atoms with Gasteiger partial charge in [0.1, 0.15) is 35.4 Å². The Hall–Kier alpha value is -3.33. The second-order valence-electron chi connectivity index (χ2n) is 8.59. The molecule has 1 aromatic heterocycles. The Bertz CT molecular complexity index is 1490. The predicted octanol–water partition coefficient (Wildman–Crippen LogP) is 3.62. The predicted molar refractivity (Wildman–Crippen MR) is 114 cm³/mol. The van der Waals surface area contributed by atoms with Gasteiger partial charge in [-0.25, -0.2) is 44.3 Å². The molecule has 192 valence electrons. The number of halogens is 6. The highest BCUT2D eigenvalue weighted by molar-refractivity contribution is 7.88. The molecule has 2 aliphatic rings. The van der Waals surface area contributed by atoms with E-state index in [1.165, 1.54) is 0 Å². The third-order valence-electron chi connectivity index (χ3n) is 6.18. The van der Waals surface area contributed by atoms with Gasteiger partial charge in [0.25, 0.3) is 5.92 Å². The zero-order valence-electron chi connectivity index (χ0n) is 18.2. The Morgan fingerprint density at radius 1 is 1.08 bits per heavy atom. The first-order chi connectivity index (χ1) is 16.8. The maximum Gasteiger partial charge on any atom is 0.326 e. The Balaban J connectivity index is 1.59. The number of anilines is 1. The number of nitrogens with one attached hydrogen (secondary N) is 1. The molecule has 2 amide bonds. The molecule has 36 heavy (non-hydrogen) atoms. The van der Waals surface area contributed by atoms with Crippen molar-refractivity contribution in [3.05, 3.63) is 47.5 Å². The number of alkyl halides is 2. The van der Waals surface area contributed by atoms with Gasteiger partial charge < -0.3 is 9.42 Å². The van der Waals surface area contributed by atoms with Crippen LogP contribution in [-0.4, -0.2) is 61.9 Å². The molecule has 1 N–H and O–H groups in total. The van der Waals surface area contributed by atoms with Crippen LogP contribution in [0.2, 0.25) is 0 Å². The van der Waals surface area contributed by atoms with Crippen LogP contribution in [-0.2, 0) is 10.0 Å². The fourth-order valence-corrected chi connectivity index (χ4v) is 5.47. The van der Waals surface area contributed by atoms with Crippen molar-refractivity contribution in [2.75, 3.05) is 24.2 Å². The lowest BCUT2D eigenvalue weighted by Gasteiger charge is -2.37. The summed E-state index contributed by atoms with van der Waals surface area (Å²) in [6, 6.07) is -2.11. The number of rotatable bonds is 4. The molecule has 2 fully saturated rings. The number of urea groups is 1. The van der Waals surface area contributed by atoms with Crippen molar-refractivity contribution in [1.29, 1.82) is 0 Å². The summed E-state index contributed by atoms with van der Waals surface area (Å²) in [7, 11) is -4.02. The number of benzene rings is 2. The van der Waals surface area contributed by atoms with E-state index in [4.69, 9.17) is 4.52 Å². The van der Waals surface area contributed by atoms with Crippen LogP contribution in [0.1, 0.15) is 6.42 Å². The Labute approximate surface area is 199 Å².